The van der Waals surface area contributed by atoms with Crippen LogP contribution in [-0.2, 0) is 5.41 Å². The van der Waals surface area contributed by atoms with Gasteiger partial charge in [0.1, 0.15) is 5.75 Å². The minimum atomic E-state index is 0.0911. The molecule has 0 saturated heterocycles. The monoisotopic (exact) mass is 314 g/mol. The number of carbonyl (C=O) groups is 1. The fraction of sp³-hybridized carbons (Fsp3) is 0.667. The van der Waals surface area contributed by atoms with Gasteiger partial charge in [0.2, 0.25) is 0 Å². The highest BCUT2D eigenvalue weighted by Gasteiger charge is 2.52. The van der Waals surface area contributed by atoms with Crippen molar-refractivity contribution >= 4 is 5.78 Å². The van der Waals surface area contributed by atoms with Gasteiger partial charge in [-0.25, -0.2) is 0 Å². The highest BCUT2D eigenvalue weighted by Crippen LogP contribution is 2.57. The predicted molar refractivity (Wildman–Crippen MR) is 94.5 cm³/mol. The van der Waals surface area contributed by atoms with E-state index in [-0.39, 0.29) is 10.8 Å². The Balaban J connectivity index is 2.22. The summed E-state index contributed by atoms with van der Waals surface area (Å²) in [6.45, 7) is 11.4. The van der Waals surface area contributed by atoms with Crippen molar-refractivity contribution in [2.75, 3.05) is 7.11 Å². The average Bonchev–Trinajstić information content (AvgIpc) is 2.48. The molecule has 1 aromatic rings. The van der Waals surface area contributed by atoms with Crippen LogP contribution >= 0.6 is 0 Å². The van der Waals surface area contributed by atoms with E-state index in [4.69, 9.17) is 4.74 Å². The molecule has 2 aliphatic rings. The normalized spacial score (nSPS) is 29.2. The molecule has 1 aromatic carbocycles. The van der Waals surface area contributed by atoms with Crippen LogP contribution in [0.1, 0.15) is 87.7 Å². The number of benzene rings is 1. The molecule has 0 radical (unpaired) electrons. The van der Waals surface area contributed by atoms with Crippen LogP contribution in [0.25, 0.3) is 0 Å². The van der Waals surface area contributed by atoms with Crippen LogP contribution in [0.3, 0.4) is 0 Å². The SMILES string of the molecule is COc1cc2c(cc1C(C)C)C(=O)C[C@H]1C(C)(C)CCC[C@]21C. The zero-order valence-electron chi connectivity index (χ0n) is 15.5. The molecule has 23 heavy (non-hydrogen) atoms. The topological polar surface area (TPSA) is 26.3 Å². The number of fused-ring (bicyclic) bond motifs is 3. The standard InChI is InChI=1S/C21H30O2/c1-13(2)14-10-15-16(11-18(14)23-6)21(5)9-7-8-20(3,4)19(21)12-17(15)22/h10-11,13,19H,7-9,12H2,1-6H3/t19-,21+/m0/s1. The summed E-state index contributed by atoms with van der Waals surface area (Å²) in [5, 5.41) is 0. The zero-order chi connectivity index (χ0) is 17.0. The quantitative estimate of drug-likeness (QED) is 0.721. The lowest BCUT2D eigenvalue weighted by molar-refractivity contribution is 0.0367. The third kappa shape index (κ3) is 2.42. The number of carbonyl (C=O) groups excluding carboxylic acids is 1. The van der Waals surface area contributed by atoms with E-state index in [1.807, 2.05) is 0 Å². The van der Waals surface area contributed by atoms with Crippen molar-refractivity contribution in [2.24, 2.45) is 11.3 Å². The highest BCUT2D eigenvalue weighted by atomic mass is 16.5. The maximum atomic E-state index is 12.9. The maximum Gasteiger partial charge on any atom is 0.163 e. The van der Waals surface area contributed by atoms with Crippen LogP contribution < -0.4 is 4.74 Å². The van der Waals surface area contributed by atoms with Crippen molar-refractivity contribution in [3.8, 4) is 5.75 Å². The molecule has 0 heterocycles. The van der Waals surface area contributed by atoms with Crippen molar-refractivity contribution in [2.45, 2.75) is 71.6 Å². The number of rotatable bonds is 2. The Kier molecular flexibility index (Phi) is 3.85. The first kappa shape index (κ1) is 16.5. The molecule has 3 rings (SSSR count). The molecule has 126 valence electrons. The van der Waals surface area contributed by atoms with Crippen LogP contribution in [0.15, 0.2) is 12.1 Å². The number of Topliss-reactive ketones (excluding diaryl/α,β-unsaturated/α-hetero) is 1. The van der Waals surface area contributed by atoms with E-state index in [1.165, 1.54) is 24.8 Å². The molecule has 0 N–H and O–H groups in total. The van der Waals surface area contributed by atoms with Gasteiger partial charge in [-0.3, -0.25) is 4.79 Å². The van der Waals surface area contributed by atoms with Crippen molar-refractivity contribution in [1.82, 2.24) is 0 Å². The van der Waals surface area contributed by atoms with Crippen LogP contribution in [0.2, 0.25) is 0 Å². The maximum absolute atomic E-state index is 12.9. The van der Waals surface area contributed by atoms with Gasteiger partial charge in [0, 0.05) is 12.0 Å². The second-order valence-corrected chi connectivity index (χ2v) is 8.73. The molecule has 1 saturated carbocycles. The molecule has 0 unspecified atom stereocenters. The summed E-state index contributed by atoms with van der Waals surface area (Å²) in [6, 6.07) is 4.29. The number of ether oxygens (including phenoxy) is 1. The van der Waals surface area contributed by atoms with Gasteiger partial charge in [-0.05, 0) is 58.8 Å². The van der Waals surface area contributed by atoms with Gasteiger partial charge in [-0.15, -0.1) is 0 Å². The Morgan fingerprint density at radius 3 is 2.48 bits per heavy atom. The lowest BCUT2D eigenvalue weighted by Crippen LogP contribution is -2.49. The summed E-state index contributed by atoms with van der Waals surface area (Å²) in [5.74, 6) is 2.05. The van der Waals surface area contributed by atoms with Crippen molar-refractivity contribution in [3.63, 3.8) is 0 Å². The van der Waals surface area contributed by atoms with E-state index in [0.717, 1.165) is 16.9 Å². The molecule has 2 atom stereocenters. The van der Waals surface area contributed by atoms with Crippen LogP contribution in [0.5, 0.6) is 5.75 Å². The van der Waals surface area contributed by atoms with Gasteiger partial charge in [-0.2, -0.15) is 0 Å². The first-order valence-electron chi connectivity index (χ1n) is 8.96. The second kappa shape index (κ2) is 5.36. The Labute approximate surface area is 140 Å². The van der Waals surface area contributed by atoms with Crippen LogP contribution in [0.4, 0.5) is 0 Å². The third-order valence-electron chi connectivity index (χ3n) is 6.53. The largest absolute Gasteiger partial charge is 0.496 e. The van der Waals surface area contributed by atoms with Crippen LogP contribution in [0, 0.1) is 11.3 Å². The Bertz CT molecular complexity index is 641. The van der Waals surface area contributed by atoms with Crippen molar-refractivity contribution in [3.05, 3.63) is 28.8 Å². The van der Waals surface area contributed by atoms with E-state index in [2.05, 4.69) is 46.8 Å². The molecule has 1 fully saturated rings. The van der Waals surface area contributed by atoms with Crippen LogP contribution in [-0.4, -0.2) is 12.9 Å². The van der Waals surface area contributed by atoms with Gasteiger partial charge in [0.05, 0.1) is 7.11 Å². The molecule has 0 aromatic heterocycles. The number of ketones is 1. The van der Waals surface area contributed by atoms with Gasteiger partial charge < -0.3 is 4.74 Å². The fourth-order valence-electron chi connectivity index (χ4n) is 5.17. The summed E-state index contributed by atoms with van der Waals surface area (Å²) >= 11 is 0. The van der Waals surface area contributed by atoms with Gasteiger partial charge in [0.15, 0.2) is 5.78 Å². The Morgan fingerprint density at radius 1 is 1.17 bits per heavy atom. The highest BCUT2D eigenvalue weighted by molar-refractivity contribution is 6.00. The minimum absolute atomic E-state index is 0.0911. The van der Waals surface area contributed by atoms with Gasteiger partial charge >= 0.3 is 0 Å². The lowest BCUT2D eigenvalue weighted by Gasteiger charge is -2.54. The summed E-state index contributed by atoms with van der Waals surface area (Å²) in [4.78, 5) is 12.9. The summed E-state index contributed by atoms with van der Waals surface area (Å²) in [7, 11) is 1.74. The summed E-state index contributed by atoms with van der Waals surface area (Å²) in [6.07, 6.45) is 4.32. The molecule has 2 aliphatic carbocycles. The lowest BCUT2D eigenvalue weighted by atomic mass is 9.50. The second-order valence-electron chi connectivity index (χ2n) is 8.73. The number of hydrogen-bond acceptors (Lipinski definition) is 2. The molecule has 2 heteroatoms. The van der Waals surface area contributed by atoms with Crippen molar-refractivity contribution < 1.29 is 9.53 Å². The van der Waals surface area contributed by atoms with E-state index in [0.29, 0.717) is 24.0 Å². The Morgan fingerprint density at radius 2 is 1.87 bits per heavy atom. The molecule has 0 amide bonds. The van der Waals surface area contributed by atoms with Gasteiger partial charge in [0.25, 0.3) is 0 Å². The van der Waals surface area contributed by atoms with E-state index < -0.39 is 0 Å². The molecular weight excluding hydrogens is 284 g/mol. The van der Waals surface area contributed by atoms with Crippen molar-refractivity contribution in [1.29, 1.82) is 0 Å². The van der Waals surface area contributed by atoms with Gasteiger partial charge in [-0.1, -0.05) is 41.0 Å². The van der Waals surface area contributed by atoms with E-state index >= 15 is 0 Å². The molecule has 0 spiro atoms. The summed E-state index contributed by atoms with van der Waals surface area (Å²) in [5.41, 5.74) is 3.65. The molecule has 2 nitrogen and oxygen atoms in total. The average molecular weight is 314 g/mol. The first-order valence-corrected chi connectivity index (χ1v) is 8.96. The zero-order valence-corrected chi connectivity index (χ0v) is 15.5. The third-order valence-corrected chi connectivity index (χ3v) is 6.53. The first-order chi connectivity index (χ1) is 10.7. The number of hydrogen-bond donors (Lipinski definition) is 0. The van der Waals surface area contributed by atoms with E-state index in [9.17, 15) is 4.79 Å². The fourth-order valence-corrected chi connectivity index (χ4v) is 5.17. The Hall–Kier alpha value is -1.31. The molecular formula is C21H30O2. The minimum Gasteiger partial charge on any atom is -0.496 e. The van der Waals surface area contributed by atoms with E-state index in [1.54, 1.807) is 7.11 Å². The predicted octanol–water partition coefficient (Wildman–Crippen LogP) is 5.49. The smallest absolute Gasteiger partial charge is 0.163 e. The summed E-state index contributed by atoms with van der Waals surface area (Å²) < 4.78 is 5.67. The molecule has 0 bridgehead atoms. The molecule has 0 aliphatic heterocycles. The number of methoxy groups -OCH3 is 1.